The maximum Gasteiger partial charge on any atom is 0.124 e. The summed E-state index contributed by atoms with van der Waals surface area (Å²) in [5.74, 6) is 0. The summed E-state index contributed by atoms with van der Waals surface area (Å²) in [6.45, 7) is 2.35. The van der Waals surface area contributed by atoms with Crippen LogP contribution in [0.1, 0.15) is 12.8 Å². The van der Waals surface area contributed by atoms with Crippen molar-refractivity contribution in [2.24, 2.45) is 0 Å². The minimum Gasteiger partial charge on any atom is -0.173 e. The minimum absolute atomic E-state index is 0.450. The van der Waals surface area contributed by atoms with Crippen molar-refractivity contribution in [3.05, 3.63) is 0 Å². The molecule has 1 fully saturated rings. The van der Waals surface area contributed by atoms with Crippen molar-refractivity contribution in [2.45, 2.75) is 18.2 Å². The van der Waals surface area contributed by atoms with Gasteiger partial charge in [-0.25, -0.2) is 0 Å². The smallest absolute Gasteiger partial charge is 0.124 e. The highest BCUT2D eigenvalue weighted by molar-refractivity contribution is 6.20. The number of likely N-dealkylation sites (tertiary alicyclic amines) is 1. The Morgan fingerprint density at radius 3 is 2.25 bits per heavy atom. The SMILES string of the molecule is C[N+]1CCC(Cl)CC1. The zero-order valence-corrected chi connectivity index (χ0v) is 5.99. The van der Waals surface area contributed by atoms with Gasteiger partial charge in [0.1, 0.15) is 20.1 Å². The second-order valence-electron chi connectivity index (χ2n) is 2.48. The van der Waals surface area contributed by atoms with Crippen LogP contribution in [-0.2, 0) is 0 Å². The van der Waals surface area contributed by atoms with E-state index in [1.54, 1.807) is 0 Å². The van der Waals surface area contributed by atoms with Gasteiger partial charge in [-0.2, -0.15) is 4.90 Å². The Labute approximate surface area is 55.6 Å². The highest BCUT2D eigenvalue weighted by atomic mass is 35.5. The van der Waals surface area contributed by atoms with Crippen LogP contribution in [0.4, 0.5) is 0 Å². The molecule has 1 saturated heterocycles. The van der Waals surface area contributed by atoms with E-state index in [2.05, 4.69) is 11.9 Å². The number of alkyl halides is 1. The van der Waals surface area contributed by atoms with E-state index in [-0.39, 0.29) is 0 Å². The normalized spacial score (nSPS) is 26.2. The molecular weight excluding hydrogens is 122 g/mol. The third kappa shape index (κ3) is 1.64. The first-order valence-corrected chi connectivity index (χ1v) is 3.55. The van der Waals surface area contributed by atoms with E-state index >= 15 is 0 Å². The van der Waals surface area contributed by atoms with Crippen LogP contribution in [0.15, 0.2) is 0 Å². The zero-order chi connectivity index (χ0) is 5.98. The van der Waals surface area contributed by atoms with Crippen LogP contribution in [0.3, 0.4) is 0 Å². The summed E-state index contributed by atoms with van der Waals surface area (Å²) in [6.07, 6.45) is 2.33. The Morgan fingerprint density at radius 1 is 1.38 bits per heavy atom. The molecule has 0 aromatic carbocycles. The average molecular weight is 134 g/mol. The van der Waals surface area contributed by atoms with Gasteiger partial charge in [-0.1, -0.05) is 0 Å². The molecule has 0 saturated carbocycles. The quantitative estimate of drug-likeness (QED) is 0.346. The molecule has 1 rings (SSSR count). The number of piperidine rings is 1. The van der Waals surface area contributed by atoms with Crippen LogP contribution in [-0.4, -0.2) is 25.5 Å². The first kappa shape index (κ1) is 6.37. The van der Waals surface area contributed by atoms with Crippen molar-refractivity contribution in [1.29, 1.82) is 0 Å². The number of hydrogen-bond donors (Lipinski definition) is 0. The first-order chi connectivity index (χ1) is 3.79. The van der Waals surface area contributed by atoms with Crippen molar-refractivity contribution < 1.29 is 0 Å². The first-order valence-electron chi connectivity index (χ1n) is 3.11. The molecule has 1 nitrogen and oxygen atoms in total. The van der Waals surface area contributed by atoms with Crippen LogP contribution in [0.2, 0.25) is 0 Å². The molecule has 0 aromatic rings. The topological polar surface area (TPSA) is 5.90 Å². The van der Waals surface area contributed by atoms with Crippen molar-refractivity contribution in [2.75, 3.05) is 20.1 Å². The molecule has 47 valence electrons. The van der Waals surface area contributed by atoms with Crippen LogP contribution < -0.4 is 4.90 Å². The van der Waals surface area contributed by atoms with Crippen LogP contribution in [0, 0.1) is 0 Å². The lowest BCUT2D eigenvalue weighted by atomic mass is 10.1. The van der Waals surface area contributed by atoms with Gasteiger partial charge in [-0.15, -0.1) is 11.6 Å². The van der Waals surface area contributed by atoms with Gasteiger partial charge in [0.25, 0.3) is 0 Å². The Kier molecular flexibility index (Phi) is 2.15. The van der Waals surface area contributed by atoms with Gasteiger partial charge in [0, 0.05) is 18.2 Å². The van der Waals surface area contributed by atoms with Gasteiger partial charge < -0.3 is 0 Å². The Morgan fingerprint density at radius 2 is 1.88 bits per heavy atom. The third-order valence-electron chi connectivity index (χ3n) is 1.65. The average Bonchev–Trinajstić information content (AvgIpc) is 1.77. The van der Waals surface area contributed by atoms with E-state index in [0.29, 0.717) is 5.38 Å². The Balaban J connectivity index is 2.19. The molecule has 2 heteroatoms. The van der Waals surface area contributed by atoms with Gasteiger partial charge in [-0.3, -0.25) is 0 Å². The van der Waals surface area contributed by atoms with Gasteiger partial charge in [0.05, 0.1) is 0 Å². The van der Waals surface area contributed by atoms with E-state index in [1.807, 2.05) is 0 Å². The van der Waals surface area contributed by atoms with E-state index in [9.17, 15) is 0 Å². The predicted octanol–water partition coefficient (Wildman–Crippen LogP) is 1.16. The lowest BCUT2D eigenvalue weighted by Crippen LogP contribution is -2.35. The summed E-state index contributed by atoms with van der Waals surface area (Å²) in [5.41, 5.74) is 0. The Bertz CT molecular complexity index is 56.9. The summed E-state index contributed by atoms with van der Waals surface area (Å²) in [7, 11) is 2.14. The molecule has 0 unspecified atom stereocenters. The molecule has 1 aliphatic rings. The lowest BCUT2D eigenvalue weighted by Gasteiger charge is -2.16. The molecule has 0 aliphatic carbocycles. The fourth-order valence-electron chi connectivity index (χ4n) is 0.977. The van der Waals surface area contributed by atoms with E-state index < -0.39 is 0 Å². The second-order valence-corrected chi connectivity index (χ2v) is 3.10. The molecule has 1 radical (unpaired) electrons. The second kappa shape index (κ2) is 2.70. The molecular formula is C6H12ClN+. The van der Waals surface area contributed by atoms with Crippen molar-refractivity contribution in [3.8, 4) is 0 Å². The highest BCUT2D eigenvalue weighted by Crippen LogP contribution is 2.11. The Hall–Kier alpha value is 0.250. The molecule has 0 spiro atoms. The molecule has 1 aliphatic heterocycles. The molecule has 0 N–H and O–H groups in total. The number of hydrogen-bond acceptors (Lipinski definition) is 1. The van der Waals surface area contributed by atoms with Gasteiger partial charge in [-0.05, 0) is 0 Å². The standard InChI is InChI=1S/C6H12ClN/c1-8-4-2-6(7)3-5-8/h6H,2-5H2,1H3/q+1. The summed E-state index contributed by atoms with van der Waals surface area (Å²) < 4.78 is 0. The molecule has 1 heterocycles. The van der Waals surface area contributed by atoms with E-state index in [1.165, 1.54) is 13.1 Å². The van der Waals surface area contributed by atoms with Crippen LogP contribution >= 0.6 is 11.6 Å². The largest absolute Gasteiger partial charge is 0.173 e. The van der Waals surface area contributed by atoms with E-state index in [0.717, 1.165) is 12.8 Å². The third-order valence-corrected chi connectivity index (χ3v) is 2.08. The maximum atomic E-state index is 5.86. The number of halogens is 1. The molecule has 0 bridgehead atoms. The summed E-state index contributed by atoms with van der Waals surface area (Å²) in [4.78, 5) is 2.32. The van der Waals surface area contributed by atoms with Crippen molar-refractivity contribution >= 4 is 11.6 Å². The van der Waals surface area contributed by atoms with Crippen molar-refractivity contribution in [3.63, 3.8) is 0 Å². The van der Waals surface area contributed by atoms with Gasteiger partial charge in [0.15, 0.2) is 0 Å². The number of rotatable bonds is 0. The van der Waals surface area contributed by atoms with Crippen LogP contribution in [0.25, 0.3) is 0 Å². The van der Waals surface area contributed by atoms with Gasteiger partial charge >= 0.3 is 0 Å². The van der Waals surface area contributed by atoms with Gasteiger partial charge in [0.2, 0.25) is 0 Å². The maximum absolute atomic E-state index is 5.86. The fraction of sp³-hybridized carbons (Fsp3) is 1.00. The highest BCUT2D eigenvalue weighted by Gasteiger charge is 2.19. The monoisotopic (exact) mass is 133 g/mol. The number of nitrogens with zero attached hydrogens (tertiary/aromatic N) is 1. The van der Waals surface area contributed by atoms with Crippen LogP contribution in [0.5, 0.6) is 0 Å². The van der Waals surface area contributed by atoms with Crippen molar-refractivity contribution in [1.82, 2.24) is 4.90 Å². The molecule has 0 amide bonds. The molecule has 0 aromatic heterocycles. The lowest BCUT2D eigenvalue weighted by molar-refractivity contribution is 0.393. The predicted molar refractivity (Wildman–Crippen MR) is 36.7 cm³/mol. The fourth-order valence-corrected chi connectivity index (χ4v) is 1.17. The summed E-state index contributed by atoms with van der Waals surface area (Å²) >= 11 is 5.86. The summed E-state index contributed by atoms with van der Waals surface area (Å²) in [6, 6.07) is 0. The van der Waals surface area contributed by atoms with E-state index in [4.69, 9.17) is 11.6 Å². The molecule has 8 heavy (non-hydrogen) atoms. The minimum atomic E-state index is 0.450. The summed E-state index contributed by atoms with van der Waals surface area (Å²) in [5, 5.41) is 0.450. The zero-order valence-electron chi connectivity index (χ0n) is 5.23. The molecule has 0 atom stereocenters.